The van der Waals surface area contributed by atoms with Gasteiger partial charge >= 0.3 is 0 Å². The van der Waals surface area contributed by atoms with Crippen molar-refractivity contribution in [2.45, 2.75) is 38.6 Å². The number of benzene rings is 1. The normalized spacial score (nSPS) is 18.0. The second kappa shape index (κ2) is 8.69. The SMILES string of the molecule is CC(C(=O)Nc1cccc(NC(=O)C2CCN(C(=O)C3CC3)CC2)c1)n1cccn1. The average Bonchev–Trinajstić information content (AvgIpc) is 3.46. The highest BCUT2D eigenvalue weighted by atomic mass is 16.2. The lowest BCUT2D eigenvalue weighted by molar-refractivity contribution is -0.135. The van der Waals surface area contributed by atoms with Gasteiger partial charge in [-0.25, -0.2) is 0 Å². The molecular formula is C22H27N5O3. The first-order chi connectivity index (χ1) is 14.5. The number of nitrogens with zero attached hydrogens (tertiary/aromatic N) is 3. The molecular weight excluding hydrogens is 382 g/mol. The molecule has 1 saturated heterocycles. The van der Waals surface area contributed by atoms with E-state index in [4.69, 9.17) is 0 Å². The molecule has 2 aromatic rings. The predicted octanol–water partition coefficient (Wildman–Crippen LogP) is 2.67. The van der Waals surface area contributed by atoms with E-state index in [1.165, 1.54) is 0 Å². The molecule has 8 nitrogen and oxygen atoms in total. The Balaban J connectivity index is 1.30. The number of carbonyl (C=O) groups is 3. The Kier molecular flexibility index (Phi) is 5.83. The van der Waals surface area contributed by atoms with Crippen LogP contribution in [0.1, 0.15) is 38.6 Å². The smallest absolute Gasteiger partial charge is 0.248 e. The van der Waals surface area contributed by atoms with Gasteiger partial charge < -0.3 is 15.5 Å². The molecule has 30 heavy (non-hydrogen) atoms. The number of amides is 3. The fraction of sp³-hybridized carbons (Fsp3) is 0.455. The quantitative estimate of drug-likeness (QED) is 0.767. The summed E-state index contributed by atoms with van der Waals surface area (Å²) in [5.41, 5.74) is 1.25. The van der Waals surface area contributed by atoms with Crippen LogP contribution >= 0.6 is 0 Å². The van der Waals surface area contributed by atoms with Crippen LogP contribution in [0.2, 0.25) is 0 Å². The zero-order valence-electron chi connectivity index (χ0n) is 17.1. The lowest BCUT2D eigenvalue weighted by Gasteiger charge is -2.31. The number of carbonyl (C=O) groups excluding carboxylic acids is 3. The van der Waals surface area contributed by atoms with Gasteiger partial charge in [0.15, 0.2) is 0 Å². The van der Waals surface area contributed by atoms with E-state index in [2.05, 4.69) is 15.7 Å². The predicted molar refractivity (Wildman–Crippen MR) is 113 cm³/mol. The third kappa shape index (κ3) is 4.69. The van der Waals surface area contributed by atoms with Crippen LogP contribution in [0.5, 0.6) is 0 Å². The lowest BCUT2D eigenvalue weighted by Crippen LogP contribution is -2.42. The molecule has 1 aromatic carbocycles. The molecule has 4 rings (SSSR count). The van der Waals surface area contributed by atoms with E-state index in [-0.39, 0.29) is 29.6 Å². The van der Waals surface area contributed by atoms with Crippen LogP contribution in [0, 0.1) is 11.8 Å². The van der Waals surface area contributed by atoms with Crippen LogP contribution in [0.3, 0.4) is 0 Å². The molecule has 3 amide bonds. The minimum Gasteiger partial charge on any atom is -0.342 e. The summed E-state index contributed by atoms with van der Waals surface area (Å²) in [7, 11) is 0. The number of anilines is 2. The van der Waals surface area contributed by atoms with Gasteiger partial charge in [-0.15, -0.1) is 0 Å². The summed E-state index contributed by atoms with van der Waals surface area (Å²) in [6.07, 6.45) is 6.75. The Morgan fingerprint density at radius 2 is 1.70 bits per heavy atom. The molecule has 8 heteroatoms. The molecule has 1 saturated carbocycles. The molecule has 0 spiro atoms. The molecule has 2 aliphatic rings. The van der Waals surface area contributed by atoms with Crippen molar-refractivity contribution >= 4 is 29.1 Å². The van der Waals surface area contributed by atoms with Crippen LogP contribution in [0.25, 0.3) is 0 Å². The number of piperidine rings is 1. The van der Waals surface area contributed by atoms with Crippen molar-refractivity contribution in [3.8, 4) is 0 Å². The van der Waals surface area contributed by atoms with Gasteiger partial charge in [0.05, 0.1) is 0 Å². The minimum atomic E-state index is -0.443. The van der Waals surface area contributed by atoms with E-state index in [0.29, 0.717) is 37.3 Å². The maximum Gasteiger partial charge on any atom is 0.248 e. The minimum absolute atomic E-state index is 0.0399. The maximum atomic E-state index is 12.7. The monoisotopic (exact) mass is 409 g/mol. The highest BCUT2D eigenvalue weighted by Gasteiger charge is 2.36. The lowest BCUT2D eigenvalue weighted by atomic mass is 9.95. The van der Waals surface area contributed by atoms with Gasteiger partial charge in [-0.1, -0.05) is 6.07 Å². The summed E-state index contributed by atoms with van der Waals surface area (Å²) in [6.45, 7) is 3.07. The van der Waals surface area contributed by atoms with Crippen LogP contribution in [-0.2, 0) is 14.4 Å². The van der Waals surface area contributed by atoms with Crippen LogP contribution in [-0.4, -0.2) is 45.5 Å². The van der Waals surface area contributed by atoms with Gasteiger partial charge in [0, 0.05) is 48.7 Å². The van der Waals surface area contributed by atoms with Crippen molar-refractivity contribution in [3.05, 3.63) is 42.7 Å². The number of likely N-dealkylation sites (tertiary alicyclic amines) is 1. The summed E-state index contributed by atoms with van der Waals surface area (Å²) in [5.74, 6) is 0.147. The third-order valence-electron chi connectivity index (χ3n) is 5.80. The topological polar surface area (TPSA) is 96.3 Å². The summed E-state index contributed by atoms with van der Waals surface area (Å²) in [4.78, 5) is 39.2. The molecule has 0 radical (unpaired) electrons. The molecule has 1 aromatic heterocycles. The van der Waals surface area contributed by atoms with Gasteiger partial charge in [0.2, 0.25) is 17.7 Å². The van der Waals surface area contributed by atoms with Gasteiger partial charge in [0.1, 0.15) is 6.04 Å². The Bertz CT molecular complexity index is 915. The largest absolute Gasteiger partial charge is 0.342 e. The molecule has 2 N–H and O–H groups in total. The van der Waals surface area contributed by atoms with Crippen LogP contribution in [0.15, 0.2) is 42.7 Å². The van der Waals surface area contributed by atoms with Gasteiger partial charge in [-0.3, -0.25) is 19.1 Å². The first-order valence-electron chi connectivity index (χ1n) is 10.5. The number of hydrogen-bond acceptors (Lipinski definition) is 4. The van der Waals surface area contributed by atoms with E-state index < -0.39 is 6.04 Å². The molecule has 158 valence electrons. The van der Waals surface area contributed by atoms with E-state index in [1.54, 1.807) is 54.3 Å². The molecule has 0 bridgehead atoms. The fourth-order valence-corrected chi connectivity index (χ4v) is 3.75. The van der Waals surface area contributed by atoms with Crippen molar-refractivity contribution in [1.82, 2.24) is 14.7 Å². The van der Waals surface area contributed by atoms with E-state index in [0.717, 1.165) is 12.8 Å². The fourth-order valence-electron chi connectivity index (χ4n) is 3.75. The molecule has 1 aliphatic heterocycles. The molecule has 1 atom stereocenters. The Hall–Kier alpha value is -3.16. The van der Waals surface area contributed by atoms with Crippen LogP contribution in [0.4, 0.5) is 11.4 Å². The molecule has 1 aliphatic carbocycles. The number of nitrogens with one attached hydrogen (secondary N) is 2. The third-order valence-corrected chi connectivity index (χ3v) is 5.80. The average molecular weight is 409 g/mol. The highest BCUT2D eigenvalue weighted by Crippen LogP contribution is 2.32. The zero-order valence-corrected chi connectivity index (χ0v) is 17.1. The van der Waals surface area contributed by atoms with Gasteiger partial charge in [-0.2, -0.15) is 5.10 Å². The maximum absolute atomic E-state index is 12.7. The second-order valence-electron chi connectivity index (χ2n) is 8.10. The standard InChI is InChI=1S/C22H27N5O3/c1-15(27-11-3-10-23-27)20(28)24-18-4-2-5-19(14-18)25-21(29)16-8-12-26(13-9-16)22(30)17-6-7-17/h2-5,10-11,14-17H,6-9,12-13H2,1H3,(H,24,28)(H,25,29). The highest BCUT2D eigenvalue weighted by molar-refractivity contribution is 5.96. The van der Waals surface area contributed by atoms with E-state index in [9.17, 15) is 14.4 Å². The Morgan fingerprint density at radius 3 is 2.33 bits per heavy atom. The van der Waals surface area contributed by atoms with Gasteiger partial charge in [0.25, 0.3) is 0 Å². The molecule has 2 fully saturated rings. The molecule has 1 unspecified atom stereocenters. The first kappa shape index (κ1) is 20.1. The van der Waals surface area contributed by atoms with Gasteiger partial charge in [-0.05, 0) is 56.9 Å². The van der Waals surface area contributed by atoms with E-state index >= 15 is 0 Å². The van der Waals surface area contributed by atoms with Crippen LogP contribution < -0.4 is 10.6 Å². The first-order valence-corrected chi connectivity index (χ1v) is 10.5. The summed E-state index contributed by atoms with van der Waals surface area (Å²) in [6, 6.07) is 8.45. The Morgan fingerprint density at radius 1 is 1.00 bits per heavy atom. The Labute approximate surface area is 175 Å². The van der Waals surface area contributed by atoms with Crippen molar-refractivity contribution < 1.29 is 14.4 Å². The zero-order chi connectivity index (χ0) is 21.1. The number of aromatic nitrogens is 2. The summed E-state index contributed by atoms with van der Waals surface area (Å²) in [5, 5.41) is 9.90. The van der Waals surface area contributed by atoms with Crippen molar-refractivity contribution in [3.63, 3.8) is 0 Å². The molecule has 2 heterocycles. The number of rotatable bonds is 6. The van der Waals surface area contributed by atoms with Crippen molar-refractivity contribution in [2.24, 2.45) is 11.8 Å². The summed E-state index contributed by atoms with van der Waals surface area (Å²) < 4.78 is 1.58. The van der Waals surface area contributed by atoms with Crippen molar-refractivity contribution in [1.29, 1.82) is 0 Å². The second-order valence-corrected chi connectivity index (χ2v) is 8.10. The van der Waals surface area contributed by atoms with E-state index in [1.807, 2.05) is 4.90 Å². The van der Waals surface area contributed by atoms with Crippen molar-refractivity contribution in [2.75, 3.05) is 23.7 Å². The summed E-state index contributed by atoms with van der Waals surface area (Å²) >= 11 is 0. The number of hydrogen-bond donors (Lipinski definition) is 2.